The van der Waals surface area contributed by atoms with Gasteiger partial charge in [-0.15, -0.1) is 0 Å². The summed E-state index contributed by atoms with van der Waals surface area (Å²) in [4.78, 5) is 2.38. The van der Waals surface area contributed by atoms with Gasteiger partial charge in [-0.25, -0.2) is 0 Å². The fourth-order valence-electron chi connectivity index (χ4n) is 2.27. The number of rotatable bonds is 3. The lowest BCUT2D eigenvalue weighted by Gasteiger charge is -2.17. The Bertz CT molecular complexity index is 365. The quantitative estimate of drug-likeness (QED) is 0.917. The minimum atomic E-state index is 0.608. The summed E-state index contributed by atoms with van der Waals surface area (Å²) in [5.74, 6) is 0. The number of hydrogen-bond donors (Lipinski definition) is 1. The molecular formula is C13H19BrN2. The summed E-state index contributed by atoms with van der Waals surface area (Å²) in [5, 5.41) is 3.66. The first-order valence-corrected chi connectivity index (χ1v) is 6.72. The van der Waals surface area contributed by atoms with E-state index in [1.54, 1.807) is 0 Å². The van der Waals surface area contributed by atoms with Crippen molar-refractivity contribution in [1.82, 2.24) is 4.90 Å². The first kappa shape index (κ1) is 11.9. The molecule has 0 radical (unpaired) electrons. The molecule has 2 rings (SSSR count). The molecule has 3 heteroatoms. The van der Waals surface area contributed by atoms with Crippen molar-refractivity contribution < 1.29 is 0 Å². The monoisotopic (exact) mass is 282 g/mol. The highest BCUT2D eigenvalue weighted by atomic mass is 79.9. The molecule has 0 amide bonds. The zero-order valence-electron chi connectivity index (χ0n) is 9.96. The van der Waals surface area contributed by atoms with Gasteiger partial charge in [0.15, 0.2) is 0 Å². The van der Waals surface area contributed by atoms with Crippen LogP contribution in [0.15, 0.2) is 22.7 Å². The zero-order chi connectivity index (χ0) is 11.5. The normalized spacial score (nSPS) is 21.3. The Hall–Kier alpha value is -0.540. The average molecular weight is 283 g/mol. The van der Waals surface area contributed by atoms with E-state index in [4.69, 9.17) is 0 Å². The van der Waals surface area contributed by atoms with Gasteiger partial charge >= 0.3 is 0 Å². The second-order valence-corrected chi connectivity index (χ2v) is 5.46. The third-order valence-corrected chi connectivity index (χ3v) is 3.69. The second kappa shape index (κ2) is 5.19. The number of benzene rings is 1. The van der Waals surface area contributed by atoms with Gasteiger partial charge in [0.1, 0.15) is 0 Å². The predicted molar refractivity (Wildman–Crippen MR) is 73.0 cm³/mol. The molecule has 1 aliphatic heterocycles. The summed E-state index contributed by atoms with van der Waals surface area (Å²) in [6.07, 6.45) is 2.32. The van der Waals surface area contributed by atoms with Crippen LogP contribution >= 0.6 is 15.9 Å². The van der Waals surface area contributed by atoms with Gasteiger partial charge in [-0.05, 0) is 50.2 Å². The number of hydrogen-bond acceptors (Lipinski definition) is 2. The highest BCUT2D eigenvalue weighted by Crippen LogP contribution is 2.23. The molecule has 2 nitrogen and oxygen atoms in total. The lowest BCUT2D eigenvalue weighted by atomic mass is 10.1. The highest BCUT2D eigenvalue weighted by molar-refractivity contribution is 9.10. The molecule has 0 aromatic heterocycles. The van der Waals surface area contributed by atoms with Gasteiger partial charge in [-0.2, -0.15) is 0 Å². The fraction of sp³-hybridized carbons (Fsp3) is 0.538. The molecule has 0 spiro atoms. The van der Waals surface area contributed by atoms with E-state index in [1.807, 2.05) is 0 Å². The molecule has 1 saturated heterocycles. The lowest BCUT2D eigenvalue weighted by Crippen LogP contribution is -2.24. The van der Waals surface area contributed by atoms with Crippen molar-refractivity contribution in [3.05, 3.63) is 28.2 Å². The van der Waals surface area contributed by atoms with Crippen molar-refractivity contribution in [3.63, 3.8) is 0 Å². The van der Waals surface area contributed by atoms with Crippen molar-refractivity contribution in [2.24, 2.45) is 0 Å². The van der Waals surface area contributed by atoms with E-state index in [2.05, 4.69) is 58.3 Å². The molecule has 88 valence electrons. The molecule has 1 heterocycles. The van der Waals surface area contributed by atoms with Crippen molar-refractivity contribution >= 4 is 21.6 Å². The number of aryl methyl sites for hydroxylation is 1. The van der Waals surface area contributed by atoms with Crippen LogP contribution in [0.2, 0.25) is 0 Å². The van der Waals surface area contributed by atoms with Crippen molar-refractivity contribution in [3.8, 4) is 0 Å². The zero-order valence-corrected chi connectivity index (χ0v) is 11.5. The van der Waals surface area contributed by atoms with E-state index < -0.39 is 0 Å². The van der Waals surface area contributed by atoms with Crippen LogP contribution in [0.3, 0.4) is 0 Å². The van der Waals surface area contributed by atoms with Gasteiger partial charge in [0, 0.05) is 22.7 Å². The van der Waals surface area contributed by atoms with Gasteiger partial charge in [-0.3, -0.25) is 0 Å². The van der Waals surface area contributed by atoms with Crippen LogP contribution in [0.25, 0.3) is 0 Å². The molecule has 1 aromatic rings. The Balaban J connectivity index is 2.08. The van der Waals surface area contributed by atoms with Crippen LogP contribution in [0.1, 0.15) is 18.9 Å². The summed E-state index contributed by atoms with van der Waals surface area (Å²) >= 11 is 3.52. The summed E-state index contributed by atoms with van der Waals surface area (Å²) in [6.45, 7) is 4.56. The SMILES string of the molecule is CCc1cc(Br)ccc1NC1CCN(C)C1. The number of nitrogens with one attached hydrogen (secondary N) is 1. The molecule has 0 bridgehead atoms. The van der Waals surface area contributed by atoms with E-state index in [1.165, 1.54) is 28.7 Å². The minimum Gasteiger partial charge on any atom is -0.381 e. The second-order valence-electron chi connectivity index (χ2n) is 4.55. The van der Waals surface area contributed by atoms with Crippen LogP contribution < -0.4 is 5.32 Å². The average Bonchev–Trinajstić information content (AvgIpc) is 2.67. The third-order valence-electron chi connectivity index (χ3n) is 3.20. The molecule has 1 aromatic carbocycles. The maximum atomic E-state index is 3.66. The Morgan fingerprint density at radius 1 is 1.50 bits per heavy atom. The van der Waals surface area contributed by atoms with Crippen molar-refractivity contribution in [2.45, 2.75) is 25.8 Å². The summed E-state index contributed by atoms with van der Waals surface area (Å²) in [6, 6.07) is 7.11. The Morgan fingerprint density at radius 3 is 2.94 bits per heavy atom. The van der Waals surface area contributed by atoms with E-state index in [0.29, 0.717) is 6.04 Å². The number of likely N-dealkylation sites (N-methyl/N-ethyl adjacent to an activating group) is 1. The van der Waals surface area contributed by atoms with Crippen molar-refractivity contribution in [1.29, 1.82) is 0 Å². The first-order chi connectivity index (χ1) is 7.69. The molecular weight excluding hydrogens is 264 g/mol. The van der Waals surface area contributed by atoms with Crippen LogP contribution in [0.4, 0.5) is 5.69 Å². The van der Waals surface area contributed by atoms with Crippen LogP contribution in [-0.2, 0) is 6.42 Å². The molecule has 1 aliphatic rings. The number of nitrogens with zero attached hydrogens (tertiary/aromatic N) is 1. The molecule has 1 atom stereocenters. The summed E-state index contributed by atoms with van der Waals surface area (Å²) in [5.41, 5.74) is 2.69. The third kappa shape index (κ3) is 2.77. The largest absolute Gasteiger partial charge is 0.381 e. The van der Waals surface area contributed by atoms with Crippen molar-refractivity contribution in [2.75, 3.05) is 25.5 Å². The Labute approximate surface area is 106 Å². The van der Waals surface area contributed by atoms with Gasteiger partial charge < -0.3 is 10.2 Å². The minimum absolute atomic E-state index is 0.608. The molecule has 1 unspecified atom stereocenters. The fourth-order valence-corrected chi connectivity index (χ4v) is 2.68. The van der Waals surface area contributed by atoms with E-state index in [9.17, 15) is 0 Å². The lowest BCUT2D eigenvalue weighted by molar-refractivity contribution is 0.414. The summed E-state index contributed by atoms with van der Waals surface area (Å²) in [7, 11) is 2.18. The van der Waals surface area contributed by atoms with Gasteiger partial charge in [0.25, 0.3) is 0 Å². The smallest absolute Gasteiger partial charge is 0.0400 e. The molecule has 16 heavy (non-hydrogen) atoms. The predicted octanol–water partition coefficient (Wildman–Crippen LogP) is 3.13. The van der Waals surface area contributed by atoms with Gasteiger partial charge in [0.2, 0.25) is 0 Å². The molecule has 0 aliphatic carbocycles. The van der Waals surface area contributed by atoms with E-state index >= 15 is 0 Å². The molecule has 0 saturated carbocycles. The van der Waals surface area contributed by atoms with Gasteiger partial charge in [-0.1, -0.05) is 22.9 Å². The van der Waals surface area contributed by atoms with Gasteiger partial charge in [0.05, 0.1) is 0 Å². The van der Waals surface area contributed by atoms with Crippen LogP contribution in [0.5, 0.6) is 0 Å². The Morgan fingerprint density at radius 2 is 2.31 bits per heavy atom. The van der Waals surface area contributed by atoms with Crippen LogP contribution in [0, 0.1) is 0 Å². The first-order valence-electron chi connectivity index (χ1n) is 5.92. The number of likely N-dealkylation sites (tertiary alicyclic amines) is 1. The van der Waals surface area contributed by atoms with Crippen LogP contribution in [-0.4, -0.2) is 31.1 Å². The maximum Gasteiger partial charge on any atom is 0.0400 e. The molecule has 1 fully saturated rings. The standard InChI is InChI=1S/C13H19BrN2/c1-3-10-8-11(14)4-5-13(10)15-12-6-7-16(2)9-12/h4-5,8,12,15H,3,6-7,9H2,1-2H3. The highest BCUT2D eigenvalue weighted by Gasteiger charge is 2.19. The molecule has 1 N–H and O–H groups in total. The topological polar surface area (TPSA) is 15.3 Å². The summed E-state index contributed by atoms with van der Waals surface area (Å²) < 4.78 is 1.17. The van der Waals surface area contributed by atoms with E-state index in [-0.39, 0.29) is 0 Å². The number of anilines is 1. The maximum absolute atomic E-state index is 3.66. The number of halogens is 1. The Kier molecular flexibility index (Phi) is 3.87. The van der Waals surface area contributed by atoms with E-state index in [0.717, 1.165) is 13.0 Å².